The normalized spacial score (nSPS) is 24.9. The van der Waals surface area contributed by atoms with Crippen LogP contribution in [0.2, 0.25) is 5.02 Å². The highest BCUT2D eigenvalue weighted by Crippen LogP contribution is 2.30. The molecule has 2 aliphatic rings. The van der Waals surface area contributed by atoms with Crippen LogP contribution in [0, 0.1) is 0 Å². The Labute approximate surface area is 129 Å². The highest BCUT2D eigenvalue weighted by molar-refractivity contribution is 6.30. The molecular formula is C16H18ClNO3. The van der Waals surface area contributed by atoms with Gasteiger partial charge in [-0.05, 0) is 44.0 Å². The Hall–Kier alpha value is -1.52. The summed E-state index contributed by atoms with van der Waals surface area (Å²) in [6, 6.07) is 5.36. The molecule has 1 unspecified atom stereocenters. The molecule has 2 heterocycles. The van der Waals surface area contributed by atoms with Crippen molar-refractivity contribution in [3.05, 3.63) is 34.4 Å². The van der Waals surface area contributed by atoms with E-state index in [1.807, 2.05) is 6.08 Å². The van der Waals surface area contributed by atoms with E-state index in [-0.39, 0.29) is 12.5 Å². The van der Waals surface area contributed by atoms with Gasteiger partial charge in [0.05, 0.1) is 11.2 Å². The first-order valence-corrected chi connectivity index (χ1v) is 7.47. The smallest absolute Gasteiger partial charge is 0.253 e. The van der Waals surface area contributed by atoms with E-state index >= 15 is 0 Å². The summed E-state index contributed by atoms with van der Waals surface area (Å²) in [4.78, 5) is 14.3. The largest absolute Gasteiger partial charge is 0.488 e. The van der Waals surface area contributed by atoms with Gasteiger partial charge in [0.15, 0.2) is 0 Å². The minimum atomic E-state index is -0.800. The molecule has 0 saturated carbocycles. The number of fused-ring (bicyclic) bond motifs is 1. The molecular weight excluding hydrogens is 290 g/mol. The van der Waals surface area contributed by atoms with Gasteiger partial charge in [0, 0.05) is 23.7 Å². The summed E-state index contributed by atoms with van der Waals surface area (Å²) in [5.41, 5.74) is 0.619. The number of nitrogens with zero attached hydrogens (tertiary/aromatic N) is 1. The van der Waals surface area contributed by atoms with Gasteiger partial charge in [0.2, 0.25) is 0 Å². The van der Waals surface area contributed by atoms with Gasteiger partial charge in [-0.1, -0.05) is 11.6 Å². The number of halogens is 1. The molecule has 1 saturated heterocycles. The Morgan fingerprint density at radius 3 is 3.05 bits per heavy atom. The van der Waals surface area contributed by atoms with E-state index in [2.05, 4.69) is 0 Å². The molecule has 0 bridgehead atoms. The molecule has 2 aliphatic heterocycles. The topological polar surface area (TPSA) is 49.8 Å². The van der Waals surface area contributed by atoms with Crippen molar-refractivity contribution in [2.45, 2.75) is 25.4 Å². The Balaban J connectivity index is 1.82. The van der Waals surface area contributed by atoms with Crippen molar-refractivity contribution in [3.8, 4) is 5.75 Å². The monoisotopic (exact) mass is 307 g/mol. The minimum Gasteiger partial charge on any atom is -0.488 e. The summed E-state index contributed by atoms with van der Waals surface area (Å²) in [7, 11) is 0. The van der Waals surface area contributed by atoms with Crippen LogP contribution in [-0.4, -0.2) is 41.2 Å². The van der Waals surface area contributed by atoms with Gasteiger partial charge in [-0.25, -0.2) is 0 Å². The molecule has 1 fully saturated rings. The lowest BCUT2D eigenvalue weighted by Gasteiger charge is -2.37. The first-order chi connectivity index (χ1) is 9.94. The predicted molar refractivity (Wildman–Crippen MR) is 81.4 cm³/mol. The fourth-order valence-corrected chi connectivity index (χ4v) is 3.05. The number of carbonyl (C=O) groups is 1. The molecule has 0 aromatic heterocycles. The molecule has 0 spiro atoms. The molecule has 1 atom stereocenters. The maximum Gasteiger partial charge on any atom is 0.253 e. The Morgan fingerprint density at radius 2 is 2.29 bits per heavy atom. The molecule has 1 amide bonds. The molecule has 1 aromatic rings. The SMILES string of the molecule is CC1(O)CCCN(C(=O)C2=Cc3cc(Cl)ccc3OC2)C1. The van der Waals surface area contributed by atoms with Crippen molar-refractivity contribution in [1.82, 2.24) is 4.90 Å². The first-order valence-electron chi connectivity index (χ1n) is 7.09. The van der Waals surface area contributed by atoms with E-state index < -0.39 is 5.60 Å². The Bertz CT molecular complexity index is 610. The van der Waals surface area contributed by atoms with Crippen LogP contribution in [-0.2, 0) is 4.79 Å². The van der Waals surface area contributed by atoms with Crippen LogP contribution in [0.3, 0.4) is 0 Å². The van der Waals surface area contributed by atoms with Gasteiger partial charge in [0.1, 0.15) is 12.4 Å². The van der Waals surface area contributed by atoms with Crippen molar-refractivity contribution in [1.29, 1.82) is 0 Å². The van der Waals surface area contributed by atoms with E-state index in [1.54, 1.807) is 30.0 Å². The first kappa shape index (κ1) is 14.4. The van der Waals surface area contributed by atoms with E-state index in [0.717, 1.165) is 24.2 Å². The van der Waals surface area contributed by atoms with Gasteiger partial charge in [-0.15, -0.1) is 0 Å². The highest BCUT2D eigenvalue weighted by Gasteiger charge is 2.32. The zero-order chi connectivity index (χ0) is 15.0. The van der Waals surface area contributed by atoms with Crippen LogP contribution in [0.5, 0.6) is 5.75 Å². The molecule has 21 heavy (non-hydrogen) atoms. The van der Waals surface area contributed by atoms with Crippen LogP contribution < -0.4 is 4.74 Å². The lowest BCUT2D eigenvalue weighted by Crippen LogP contribution is -2.49. The molecule has 0 aliphatic carbocycles. The number of benzene rings is 1. The second-order valence-corrected chi connectivity index (χ2v) is 6.40. The number of hydrogen-bond acceptors (Lipinski definition) is 3. The van der Waals surface area contributed by atoms with E-state index in [4.69, 9.17) is 16.3 Å². The standard InChI is InChI=1S/C16H18ClNO3/c1-16(20)5-2-6-18(10-16)15(19)12-7-11-8-13(17)3-4-14(11)21-9-12/h3-4,7-8,20H,2,5-6,9-10H2,1H3. The zero-order valence-electron chi connectivity index (χ0n) is 11.9. The summed E-state index contributed by atoms with van der Waals surface area (Å²) in [5, 5.41) is 10.7. The van der Waals surface area contributed by atoms with Crippen LogP contribution in [0.1, 0.15) is 25.3 Å². The number of carbonyl (C=O) groups excluding carboxylic acids is 1. The number of piperidine rings is 1. The van der Waals surface area contributed by atoms with Gasteiger partial charge in [0.25, 0.3) is 5.91 Å². The number of rotatable bonds is 1. The fourth-order valence-electron chi connectivity index (χ4n) is 2.87. The third-order valence-electron chi connectivity index (χ3n) is 3.92. The van der Waals surface area contributed by atoms with Crippen molar-refractivity contribution in [2.24, 2.45) is 0 Å². The Kier molecular flexibility index (Phi) is 3.68. The molecule has 1 aromatic carbocycles. The van der Waals surface area contributed by atoms with Crippen LogP contribution in [0.4, 0.5) is 0 Å². The van der Waals surface area contributed by atoms with Gasteiger partial charge in [-0.2, -0.15) is 0 Å². The molecule has 3 rings (SSSR count). The van der Waals surface area contributed by atoms with Crippen LogP contribution in [0.15, 0.2) is 23.8 Å². The van der Waals surface area contributed by atoms with E-state index in [9.17, 15) is 9.90 Å². The number of amides is 1. The average molecular weight is 308 g/mol. The summed E-state index contributed by atoms with van der Waals surface area (Å²) < 4.78 is 5.62. The summed E-state index contributed by atoms with van der Waals surface area (Å²) in [6.45, 7) is 3.07. The third kappa shape index (κ3) is 3.06. The van der Waals surface area contributed by atoms with Gasteiger partial charge < -0.3 is 14.7 Å². The van der Waals surface area contributed by atoms with E-state index in [1.165, 1.54) is 0 Å². The summed E-state index contributed by atoms with van der Waals surface area (Å²) in [5.74, 6) is 0.669. The average Bonchev–Trinajstić information content (AvgIpc) is 2.44. The lowest BCUT2D eigenvalue weighted by atomic mass is 9.94. The molecule has 112 valence electrons. The third-order valence-corrected chi connectivity index (χ3v) is 4.16. The second kappa shape index (κ2) is 5.35. The minimum absolute atomic E-state index is 0.0689. The molecule has 1 N–H and O–H groups in total. The summed E-state index contributed by atoms with van der Waals surface area (Å²) in [6.07, 6.45) is 3.37. The molecule has 0 radical (unpaired) electrons. The number of likely N-dealkylation sites (tertiary alicyclic amines) is 1. The quantitative estimate of drug-likeness (QED) is 0.867. The van der Waals surface area contributed by atoms with Crippen molar-refractivity contribution in [2.75, 3.05) is 19.7 Å². The number of ether oxygens (including phenoxy) is 1. The summed E-state index contributed by atoms with van der Waals surface area (Å²) >= 11 is 5.98. The maximum atomic E-state index is 12.6. The molecule has 5 heteroatoms. The van der Waals surface area contributed by atoms with Gasteiger partial charge >= 0.3 is 0 Å². The van der Waals surface area contributed by atoms with Crippen LogP contribution in [0.25, 0.3) is 6.08 Å². The maximum absolute atomic E-state index is 12.6. The number of β-amino-alcohol motifs (C(OH)–C–C–N with tert-alkyl or cyclic N) is 1. The van der Waals surface area contributed by atoms with E-state index in [0.29, 0.717) is 23.7 Å². The van der Waals surface area contributed by atoms with Gasteiger partial charge in [-0.3, -0.25) is 4.79 Å². The predicted octanol–water partition coefficient (Wildman–Crippen LogP) is 2.49. The highest BCUT2D eigenvalue weighted by atomic mass is 35.5. The van der Waals surface area contributed by atoms with Crippen molar-refractivity contribution >= 4 is 23.6 Å². The van der Waals surface area contributed by atoms with Crippen molar-refractivity contribution < 1.29 is 14.6 Å². The Morgan fingerprint density at radius 1 is 1.48 bits per heavy atom. The second-order valence-electron chi connectivity index (χ2n) is 5.97. The number of hydrogen-bond donors (Lipinski definition) is 1. The lowest BCUT2D eigenvalue weighted by molar-refractivity contribution is -0.133. The molecule has 4 nitrogen and oxygen atoms in total. The fraction of sp³-hybridized carbons (Fsp3) is 0.438. The van der Waals surface area contributed by atoms with Crippen molar-refractivity contribution in [3.63, 3.8) is 0 Å². The number of aliphatic hydroxyl groups is 1. The zero-order valence-corrected chi connectivity index (χ0v) is 12.7. The van der Waals surface area contributed by atoms with Crippen LogP contribution >= 0.6 is 11.6 Å².